The summed E-state index contributed by atoms with van der Waals surface area (Å²) >= 11 is 1.40. The fourth-order valence-electron chi connectivity index (χ4n) is 1.83. The molecular weight excluding hydrogens is 290 g/mol. The molecule has 0 aliphatic heterocycles. The summed E-state index contributed by atoms with van der Waals surface area (Å²) in [5, 5.41) is 14.3. The number of anilines is 1. The van der Waals surface area contributed by atoms with E-state index in [9.17, 15) is 9.59 Å². The van der Waals surface area contributed by atoms with Crippen LogP contribution in [-0.2, 0) is 17.8 Å². The third-order valence-electron chi connectivity index (χ3n) is 2.80. The van der Waals surface area contributed by atoms with Crippen LogP contribution in [0.4, 0.5) is 5.69 Å². The zero-order chi connectivity index (χ0) is 15.4. The first-order chi connectivity index (χ1) is 9.99. The Hall–Kier alpha value is -2.25. The lowest BCUT2D eigenvalue weighted by molar-refractivity contribution is -0.115. The summed E-state index contributed by atoms with van der Waals surface area (Å²) in [7, 11) is 0. The maximum atomic E-state index is 12.0. The number of nitrogens with zero attached hydrogens (tertiary/aromatic N) is 1. The molecule has 2 rings (SSSR count). The second kappa shape index (κ2) is 6.47. The number of benzene rings is 1. The fourth-order valence-corrected chi connectivity index (χ4v) is 2.50. The van der Waals surface area contributed by atoms with Gasteiger partial charge in [-0.05, 0) is 19.1 Å². The van der Waals surface area contributed by atoms with E-state index in [4.69, 9.17) is 10.8 Å². The molecule has 1 heterocycles. The Morgan fingerprint density at radius 3 is 2.81 bits per heavy atom. The summed E-state index contributed by atoms with van der Waals surface area (Å²) in [5.41, 5.74) is 7.27. The van der Waals surface area contributed by atoms with Gasteiger partial charge in [-0.3, -0.25) is 4.79 Å². The average Bonchev–Trinajstić information content (AvgIpc) is 2.88. The number of carboxylic acid groups (broad SMARTS) is 1. The normalized spacial score (nSPS) is 10.4. The van der Waals surface area contributed by atoms with Gasteiger partial charge in [0, 0.05) is 11.9 Å². The lowest BCUT2D eigenvalue weighted by Gasteiger charge is -2.08. The zero-order valence-electron chi connectivity index (χ0n) is 11.4. The van der Waals surface area contributed by atoms with Crippen molar-refractivity contribution in [1.29, 1.82) is 0 Å². The molecule has 1 aromatic heterocycles. The average molecular weight is 305 g/mol. The minimum Gasteiger partial charge on any atom is -0.478 e. The molecule has 0 atom stereocenters. The molecule has 21 heavy (non-hydrogen) atoms. The van der Waals surface area contributed by atoms with Crippen LogP contribution in [0.15, 0.2) is 23.6 Å². The van der Waals surface area contributed by atoms with E-state index in [1.54, 1.807) is 24.4 Å². The summed E-state index contributed by atoms with van der Waals surface area (Å²) < 4.78 is 0. The van der Waals surface area contributed by atoms with E-state index in [-0.39, 0.29) is 23.6 Å². The molecule has 0 aliphatic rings. The van der Waals surface area contributed by atoms with Crippen LogP contribution in [0.2, 0.25) is 0 Å². The van der Waals surface area contributed by atoms with E-state index in [1.165, 1.54) is 17.4 Å². The lowest BCUT2D eigenvalue weighted by atomic mass is 10.1. The summed E-state index contributed by atoms with van der Waals surface area (Å²) in [5.74, 6) is -1.39. The second-order valence-corrected chi connectivity index (χ2v) is 5.46. The van der Waals surface area contributed by atoms with Gasteiger partial charge in [0.15, 0.2) is 0 Å². The monoisotopic (exact) mass is 305 g/mol. The van der Waals surface area contributed by atoms with Crippen molar-refractivity contribution in [2.24, 2.45) is 5.73 Å². The molecule has 7 heteroatoms. The Kier molecular flexibility index (Phi) is 4.66. The van der Waals surface area contributed by atoms with Gasteiger partial charge in [0.1, 0.15) is 5.01 Å². The number of carbonyl (C=O) groups excluding carboxylic acids is 1. The summed E-state index contributed by atoms with van der Waals surface area (Å²) in [4.78, 5) is 27.3. The van der Waals surface area contributed by atoms with Crippen LogP contribution in [0.5, 0.6) is 0 Å². The number of amides is 1. The number of nitrogens with one attached hydrogen (secondary N) is 1. The Morgan fingerprint density at radius 1 is 1.43 bits per heavy atom. The highest BCUT2D eigenvalue weighted by Gasteiger charge is 2.14. The van der Waals surface area contributed by atoms with E-state index in [0.29, 0.717) is 12.2 Å². The number of rotatable bonds is 5. The predicted molar refractivity (Wildman–Crippen MR) is 80.5 cm³/mol. The topological polar surface area (TPSA) is 105 Å². The van der Waals surface area contributed by atoms with E-state index in [2.05, 4.69) is 10.3 Å². The zero-order valence-corrected chi connectivity index (χ0v) is 12.2. The molecule has 0 saturated heterocycles. The molecule has 0 radical (unpaired) electrons. The first-order valence-electron chi connectivity index (χ1n) is 6.26. The van der Waals surface area contributed by atoms with Crippen molar-refractivity contribution in [3.63, 3.8) is 0 Å². The molecule has 0 bridgehead atoms. The Morgan fingerprint density at radius 2 is 2.19 bits per heavy atom. The number of aryl methyl sites for hydroxylation is 1. The van der Waals surface area contributed by atoms with Crippen LogP contribution < -0.4 is 11.1 Å². The fraction of sp³-hybridized carbons (Fsp3) is 0.214. The molecule has 0 unspecified atom stereocenters. The largest absolute Gasteiger partial charge is 0.478 e. The molecule has 4 N–H and O–H groups in total. The number of hydrogen-bond donors (Lipinski definition) is 3. The highest BCUT2D eigenvalue weighted by Crippen LogP contribution is 2.18. The van der Waals surface area contributed by atoms with Crippen LogP contribution in [0.25, 0.3) is 0 Å². The van der Waals surface area contributed by atoms with Gasteiger partial charge in [-0.25, -0.2) is 9.78 Å². The number of thiazole rings is 1. The van der Waals surface area contributed by atoms with Gasteiger partial charge in [-0.2, -0.15) is 0 Å². The maximum Gasteiger partial charge on any atom is 0.337 e. The minimum atomic E-state index is -1.08. The van der Waals surface area contributed by atoms with Gasteiger partial charge in [0.05, 0.1) is 23.4 Å². The highest BCUT2D eigenvalue weighted by molar-refractivity contribution is 7.09. The van der Waals surface area contributed by atoms with Gasteiger partial charge < -0.3 is 16.2 Å². The van der Waals surface area contributed by atoms with Crippen molar-refractivity contribution in [3.05, 3.63) is 45.4 Å². The smallest absolute Gasteiger partial charge is 0.337 e. The van der Waals surface area contributed by atoms with Crippen LogP contribution in [0.3, 0.4) is 0 Å². The Labute approximate surface area is 125 Å². The number of aromatic nitrogens is 1. The summed E-state index contributed by atoms with van der Waals surface area (Å²) in [6, 6.07) is 4.85. The number of carbonyl (C=O) groups is 2. The van der Waals surface area contributed by atoms with Gasteiger partial charge in [0.25, 0.3) is 0 Å². The van der Waals surface area contributed by atoms with E-state index >= 15 is 0 Å². The Balaban J connectivity index is 2.10. The molecular formula is C14H15N3O3S. The van der Waals surface area contributed by atoms with Gasteiger partial charge in [-0.1, -0.05) is 11.6 Å². The molecule has 0 fully saturated rings. The number of nitrogens with two attached hydrogens (primary N) is 1. The molecule has 2 aromatic rings. The maximum absolute atomic E-state index is 12.0. The molecule has 6 nitrogen and oxygen atoms in total. The number of aromatic carboxylic acids is 1. The number of carboxylic acids is 1. The molecule has 110 valence electrons. The molecule has 0 saturated carbocycles. The van der Waals surface area contributed by atoms with E-state index < -0.39 is 5.97 Å². The predicted octanol–water partition coefficient (Wildman–Crippen LogP) is 1.79. The SMILES string of the molecule is Cc1ccc(NC(=O)Cc2csc(CN)n2)c(C(=O)O)c1. The molecule has 1 aromatic carbocycles. The van der Waals surface area contributed by atoms with Gasteiger partial charge in [-0.15, -0.1) is 11.3 Å². The van der Waals surface area contributed by atoms with E-state index in [0.717, 1.165) is 10.6 Å². The van der Waals surface area contributed by atoms with Crippen LogP contribution >= 0.6 is 11.3 Å². The summed E-state index contributed by atoms with van der Waals surface area (Å²) in [6.07, 6.45) is 0.0867. The van der Waals surface area contributed by atoms with Crippen molar-refractivity contribution in [2.45, 2.75) is 19.9 Å². The van der Waals surface area contributed by atoms with E-state index in [1.807, 2.05) is 0 Å². The van der Waals surface area contributed by atoms with Crippen molar-refractivity contribution in [2.75, 3.05) is 5.32 Å². The van der Waals surface area contributed by atoms with Crippen LogP contribution in [0.1, 0.15) is 26.6 Å². The second-order valence-electron chi connectivity index (χ2n) is 4.52. The quantitative estimate of drug-likeness (QED) is 0.781. The number of hydrogen-bond acceptors (Lipinski definition) is 5. The third kappa shape index (κ3) is 3.87. The minimum absolute atomic E-state index is 0.0734. The summed E-state index contributed by atoms with van der Waals surface area (Å²) in [6.45, 7) is 2.13. The first-order valence-corrected chi connectivity index (χ1v) is 7.14. The molecule has 0 aliphatic carbocycles. The van der Waals surface area contributed by atoms with Crippen molar-refractivity contribution in [1.82, 2.24) is 4.98 Å². The Bertz CT molecular complexity index is 682. The van der Waals surface area contributed by atoms with Crippen molar-refractivity contribution < 1.29 is 14.7 Å². The lowest BCUT2D eigenvalue weighted by Crippen LogP contribution is -2.17. The van der Waals surface area contributed by atoms with Crippen molar-refractivity contribution >= 4 is 28.9 Å². The highest BCUT2D eigenvalue weighted by atomic mass is 32.1. The third-order valence-corrected chi connectivity index (χ3v) is 3.72. The van der Waals surface area contributed by atoms with Gasteiger partial charge in [0.2, 0.25) is 5.91 Å². The molecule has 0 spiro atoms. The van der Waals surface area contributed by atoms with Crippen molar-refractivity contribution in [3.8, 4) is 0 Å². The standard InChI is InChI=1S/C14H15N3O3S/c1-8-2-3-11(10(4-8)14(19)20)17-12(18)5-9-7-21-13(6-15)16-9/h2-4,7H,5-6,15H2,1H3,(H,17,18)(H,19,20). The van der Waals surface area contributed by atoms with Gasteiger partial charge >= 0.3 is 5.97 Å². The first kappa shape index (κ1) is 15.1. The van der Waals surface area contributed by atoms with Crippen LogP contribution in [0, 0.1) is 6.92 Å². The van der Waals surface area contributed by atoms with Crippen LogP contribution in [-0.4, -0.2) is 22.0 Å². The molecule has 1 amide bonds.